The minimum Gasteiger partial charge on any atom is -0.493 e. The van der Waals surface area contributed by atoms with Crippen LogP contribution in [-0.4, -0.2) is 52.4 Å². The van der Waals surface area contributed by atoms with Gasteiger partial charge >= 0.3 is 0 Å². The monoisotopic (exact) mass is 448 g/mol. The number of nitrogens with zero attached hydrogens (tertiary/aromatic N) is 2. The normalized spacial score (nSPS) is 14.6. The van der Waals surface area contributed by atoms with Crippen LogP contribution in [0.2, 0.25) is 0 Å². The molecular formula is C26H28N2O5. The van der Waals surface area contributed by atoms with E-state index in [1.165, 1.54) is 5.56 Å². The highest BCUT2D eigenvalue weighted by Gasteiger charge is 2.21. The largest absolute Gasteiger partial charge is 0.493 e. The van der Waals surface area contributed by atoms with Gasteiger partial charge in [-0.1, -0.05) is 6.07 Å². The quantitative estimate of drug-likeness (QED) is 0.392. The van der Waals surface area contributed by atoms with E-state index in [-0.39, 0.29) is 0 Å². The summed E-state index contributed by atoms with van der Waals surface area (Å²) in [6, 6.07) is 16.0. The Bertz CT molecular complexity index is 1220. The number of benzene rings is 2. The van der Waals surface area contributed by atoms with Crippen LogP contribution in [-0.2, 0) is 6.54 Å². The number of anilines is 1. The van der Waals surface area contributed by atoms with Crippen molar-refractivity contribution in [1.82, 2.24) is 4.90 Å². The Morgan fingerprint density at radius 1 is 0.788 bits per heavy atom. The third-order valence-electron chi connectivity index (χ3n) is 6.22. The topological polar surface area (TPSA) is 60.5 Å². The average Bonchev–Trinajstić information content (AvgIpc) is 3.55. The Kier molecular flexibility index (Phi) is 5.88. The fourth-order valence-corrected chi connectivity index (χ4v) is 4.42. The third kappa shape index (κ3) is 4.12. The first-order valence-electron chi connectivity index (χ1n) is 11.0. The number of piperazine rings is 1. The molecule has 3 heterocycles. The molecule has 4 aromatic rings. The van der Waals surface area contributed by atoms with Gasteiger partial charge in [0.05, 0.1) is 27.6 Å². The SMILES string of the molecule is COc1ccc(N2CCN(Cc3ccc(OC)c4oc(-c5ccco5)cc34)CC2)cc1OC. The van der Waals surface area contributed by atoms with E-state index in [2.05, 4.69) is 21.9 Å². The van der Waals surface area contributed by atoms with Gasteiger partial charge in [-0.3, -0.25) is 4.90 Å². The maximum Gasteiger partial charge on any atom is 0.177 e. The van der Waals surface area contributed by atoms with Crippen LogP contribution in [0.4, 0.5) is 5.69 Å². The predicted molar refractivity (Wildman–Crippen MR) is 128 cm³/mol. The van der Waals surface area contributed by atoms with Gasteiger partial charge in [0.1, 0.15) is 0 Å². The molecule has 1 saturated heterocycles. The molecule has 1 fully saturated rings. The third-order valence-corrected chi connectivity index (χ3v) is 6.22. The number of rotatable bonds is 7. The van der Waals surface area contributed by atoms with Crippen LogP contribution in [0.1, 0.15) is 5.56 Å². The van der Waals surface area contributed by atoms with E-state index in [1.807, 2.05) is 36.4 Å². The molecule has 1 aliphatic rings. The van der Waals surface area contributed by atoms with Crippen LogP contribution in [0.5, 0.6) is 17.2 Å². The molecule has 1 aliphatic heterocycles. The lowest BCUT2D eigenvalue weighted by molar-refractivity contribution is 0.250. The molecule has 172 valence electrons. The van der Waals surface area contributed by atoms with Crippen molar-refractivity contribution >= 4 is 16.7 Å². The van der Waals surface area contributed by atoms with Gasteiger partial charge in [-0.05, 0) is 42.0 Å². The summed E-state index contributed by atoms with van der Waals surface area (Å²) >= 11 is 0. The summed E-state index contributed by atoms with van der Waals surface area (Å²) in [7, 11) is 4.99. The van der Waals surface area contributed by atoms with E-state index in [4.69, 9.17) is 23.0 Å². The molecule has 0 N–H and O–H groups in total. The van der Waals surface area contributed by atoms with Gasteiger partial charge in [-0.25, -0.2) is 0 Å². The minimum atomic E-state index is 0.707. The van der Waals surface area contributed by atoms with Crippen LogP contribution in [0.15, 0.2) is 63.6 Å². The molecule has 0 radical (unpaired) electrons. The molecule has 0 bridgehead atoms. The minimum absolute atomic E-state index is 0.707. The van der Waals surface area contributed by atoms with Crippen LogP contribution in [0, 0.1) is 0 Å². The number of fused-ring (bicyclic) bond motifs is 1. The molecule has 2 aromatic heterocycles. The predicted octanol–water partition coefficient (Wildman–Crippen LogP) is 5.04. The summed E-state index contributed by atoms with van der Waals surface area (Å²) in [6.07, 6.45) is 1.65. The van der Waals surface area contributed by atoms with E-state index in [0.717, 1.165) is 66.6 Å². The average molecular weight is 449 g/mol. The van der Waals surface area contributed by atoms with Crippen molar-refractivity contribution in [2.24, 2.45) is 0 Å². The molecule has 0 aliphatic carbocycles. The van der Waals surface area contributed by atoms with E-state index < -0.39 is 0 Å². The molecule has 0 amide bonds. The van der Waals surface area contributed by atoms with Gasteiger partial charge in [-0.15, -0.1) is 0 Å². The number of hydrogen-bond acceptors (Lipinski definition) is 7. The van der Waals surface area contributed by atoms with Crippen molar-refractivity contribution in [3.63, 3.8) is 0 Å². The summed E-state index contributed by atoms with van der Waals surface area (Å²) in [4.78, 5) is 4.85. The van der Waals surface area contributed by atoms with Crippen molar-refractivity contribution in [3.05, 3.63) is 60.4 Å². The molecule has 0 atom stereocenters. The second-order valence-electron chi connectivity index (χ2n) is 8.06. The molecule has 0 unspecified atom stereocenters. The van der Waals surface area contributed by atoms with Gasteiger partial charge in [0.15, 0.2) is 34.4 Å². The Morgan fingerprint density at radius 3 is 2.24 bits per heavy atom. The van der Waals surface area contributed by atoms with Crippen molar-refractivity contribution in [2.75, 3.05) is 52.4 Å². The first-order valence-corrected chi connectivity index (χ1v) is 11.0. The van der Waals surface area contributed by atoms with E-state index in [1.54, 1.807) is 27.6 Å². The highest BCUT2D eigenvalue weighted by atomic mass is 16.5. The van der Waals surface area contributed by atoms with Crippen molar-refractivity contribution in [2.45, 2.75) is 6.54 Å². The molecule has 7 nitrogen and oxygen atoms in total. The Hall–Kier alpha value is -3.58. The van der Waals surface area contributed by atoms with Crippen molar-refractivity contribution < 1.29 is 23.0 Å². The summed E-state index contributed by atoms with van der Waals surface area (Å²) in [6.45, 7) is 4.66. The highest BCUT2D eigenvalue weighted by Crippen LogP contribution is 2.36. The van der Waals surface area contributed by atoms with Crippen molar-refractivity contribution in [3.8, 4) is 28.8 Å². The first kappa shape index (κ1) is 21.3. The fraction of sp³-hybridized carbons (Fsp3) is 0.308. The van der Waals surface area contributed by atoms with Gasteiger partial charge in [-0.2, -0.15) is 0 Å². The number of methoxy groups -OCH3 is 3. The maximum atomic E-state index is 6.11. The lowest BCUT2D eigenvalue weighted by Gasteiger charge is -2.36. The van der Waals surface area contributed by atoms with E-state index >= 15 is 0 Å². The first-order chi connectivity index (χ1) is 16.2. The molecule has 7 heteroatoms. The zero-order chi connectivity index (χ0) is 22.8. The molecule has 0 spiro atoms. The van der Waals surface area contributed by atoms with Gasteiger partial charge in [0.2, 0.25) is 0 Å². The Balaban J connectivity index is 1.32. The van der Waals surface area contributed by atoms with Crippen molar-refractivity contribution in [1.29, 1.82) is 0 Å². The summed E-state index contributed by atoms with van der Waals surface area (Å²) in [5, 5.41) is 1.06. The molecule has 0 saturated carbocycles. The van der Waals surface area contributed by atoms with Crippen LogP contribution < -0.4 is 19.1 Å². The van der Waals surface area contributed by atoms with Gasteiger partial charge < -0.3 is 27.9 Å². The highest BCUT2D eigenvalue weighted by molar-refractivity contribution is 5.89. The lowest BCUT2D eigenvalue weighted by Crippen LogP contribution is -2.46. The van der Waals surface area contributed by atoms with E-state index in [9.17, 15) is 0 Å². The number of ether oxygens (including phenoxy) is 3. The van der Waals surface area contributed by atoms with Crippen LogP contribution in [0.3, 0.4) is 0 Å². The van der Waals surface area contributed by atoms with Crippen LogP contribution in [0.25, 0.3) is 22.5 Å². The number of furan rings is 2. The fourth-order valence-electron chi connectivity index (χ4n) is 4.42. The molecule has 5 rings (SSSR count). The van der Waals surface area contributed by atoms with Crippen LogP contribution >= 0.6 is 0 Å². The zero-order valence-corrected chi connectivity index (χ0v) is 19.2. The lowest BCUT2D eigenvalue weighted by atomic mass is 10.1. The summed E-state index contributed by atoms with van der Waals surface area (Å²) in [5.74, 6) is 3.65. The number of hydrogen-bond donors (Lipinski definition) is 0. The smallest absolute Gasteiger partial charge is 0.177 e. The molecule has 33 heavy (non-hydrogen) atoms. The maximum absolute atomic E-state index is 6.11. The summed E-state index contributed by atoms with van der Waals surface area (Å²) in [5.41, 5.74) is 3.12. The second-order valence-corrected chi connectivity index (χ2v) is 8.06. The second kappa shape index (κ2) is 9.11. The molecule has 2 aromatic carbocycles. The molecular weight excluding hydrogens is 420 g/mol. The summed E-state index contributed by atoms with van der Waals surface area (Å²) < 4.78 is 28.0. The standard InChI is InChI=1S/C26H28N2O5/c1-29-21-9-7-19(15-24(21)31-3)28-12-10-27(11-13-28)17-18-6-8-23(30-2)26-20(18)16-25(33-26)22-5-4-14-32-22/h4-9,14-16H,10-13,17H2,1-3H3. The Labute approximate surface area is 193 Å². The van der Waals surface area contributed by atoms with Gasteiger partial charge in [0.25, 0.3) is 0 Å². The Morgan fingerprint density at radius 2 is 1.55 bits per heavy atom. The van der Waals surface area contributed by atoms with Gasteiger partial charge in [0, 0.05) is 49.9 Å². The van der Waals surface area contributed by atoms with E-state index in [0.29, 0.717) is 11.5 Å². The zero-order valence-electron chi connectivity index (χ0n) is 19.2.